The van der Waals surface area contributed by atoms with Crippen molar-refractivity contribution in [3.05, 3.63) is 54.1 Å². The lowest BCUT2D eigenvalue weighted by atomic mass is 10.2. The van der Waals surface area contributed by atoms with Crippen LogP contribution in [0.15, 0.2) is 58.6 Å². The lowest BCUT2D eigenvalue weighted by Gasteiger charge is -2.10. The largest absolute Gasteiger partial charge is 0.325 e. The van der Waals surface area contributed by atoms with Gasteiger partial charge in [0.1, 0.15) is 11.5 Å². The topological polar surface area (TPSA) is 94.0 Å². The van der Waals surface area contributed by atoms with E-state index in [1.54, 1.807) is 31.2 Å². The van der Waals surface area contributed by atoms with Crippen LogP contribution < -0.4 is 5.32 Å². The average Bonchev–Trinajstić information content (AvgIpc) is 3.11. The number of benzene rings is 2. The van der Waals surface area contributed by atoms with Crippen molar-refractivity contribution in [3.63, 3.8) is 0 Å². The van der Waals surface area contributed by atoms with Crippen LogP contribution in [-0.4, -0.2) is 28.9 Å². The van der Waals surface area contributed by atoms with Crippen molar-refractivity contribution in [1.29, 1.82) is 0 Å². The fourth-order valence-electron chi connectivity index (χ4n) is 3.70. The molecule has 2 aromatic carbocycles. The van der Waals surface area contributed by atoms with E-state index in [2.05, 4.69) is 22.2 Å². The molecule has 7 nitrogen and oxygen atoms in total. The third-order valence-electron chi connectivity index (χ3n) is 5.48. The first kappa shape index (κ1) is 22.0. The normalized spacial score (nSPS) is 11.8. The molecular weight excluding hydrogens is 424 g/mol. The molecule has 4 rings (SSSR count). The molecule has 0 unspecified atom stereocenters. The molecule has 32 heavy (non-hydrogen) atoms. The first-order chi connectivity index (χ1) is 15.4. The third kappa shape index (κ3) is 3.86. The van der Waals surface area contributed by atoms with Crippen molar-refractivity contribution in [2.24, 2.45) is 0 Å². The number of nitrogens with one attached hydrogen (secondary N) is 1. The number of para-hydroxylation sites is 1. The van der Waals surface area contributed by atoms with Gasteiger partial charge in [-0.15, -0.1) is 0 Å². The van der Waals surface area contributed by atoms with E-state index < -0.39 is 9.84 Å². The van der Waals surface area contributed by atoms with Crippen LogP contribution in [0.2, 0.25) is 0 Å². The quantitative estimate of drug-likeness (QED) is 0.405. The lowest BCUT2D eigenvalue weighted by Crippen LogP contribution is -2.15. The second-order valence-corrected chi connectivity index (χ2v) is 9.64. The number of aryl methyl sites for hydroxylation is 2. The zero-order chi connectivity index (χ0) is 22.9. The average molecular weight is 451 g/mol. The minimum Gasteiger partial charge on any atom is -0.325 e. The summed E-state index contributed by atoms with van der Waals surface area (Å²) in [5.74, 6) is -0.0203. The third-order valence-corrected chi connectivity index (χ3v) is 7.03. The van der Waals surface area contributed by atoms with Crippen molar-refractivity contribution in [1.82, 2.24) is 14.5 Å². The molecule has 8 heteroatoms. The highest BCUT2D eigenvalue weighted by molar-refractivity contribution is 7.91. The summed E-state index contributed by atoms with van der Waals surface area (Å²) in [5.41, 5.74) is 2.39. The summed E-state index contributed by atoms with van der Waals surface area (Å²) >= 11 is 0. The Morgan fingerprint density at radius 1 is 1.03 bits per heavy atom. The molecule has 2 heterocycles. The second kappa shape index (κ2) is 8.70. The number of carbonyl (C=O) groups is 1. The minimum absolute atomic E-state index is 0.117. The second-order valence-electron chi connectivity index (χ2n) is 7.79. The van der Waals surface area contributed by atoms with Gasteiger partial charge in [0.15, 0.2) is 0 Å². The summed E-state index contributed by atoms with van der Waals surface area (Å²) in [6, 6.07) is 14.3. The van der Waals surface area contributed by atoms with Crippen molar-refractivity contribution in [2.45, 2.75) is 56.6 Å². The van der Waals surface area contributed by atoms with Crippen LogP contribution in [0.1, 0.15) is 38.7 Å². The Bertz CT molecular complexity index is 1410. The van der Waals surface area contributed by atoms with Gasteiger partial charge in [-0.2, -0.15) is 9.97 Å². The number of hydrogen-bond acceptors (Lipinski definition) is 5. The van der Waals surface area contributed by atoms with Gasteiger partial charge in [-0.1, -0.05) is 56.2 Å². The van der Waals surface area contributed by atoms with E-state index in [-0.39, 0.29) is 28.2 Å². The van der Waals surface area contributed by atoms with Crippen molar-refractivity contribution in [3.8, 4) is 0 Å². The number of rotatable bonds is 7. The predicted octanol–water partition coefficient (Wildman–Crippen LogP) is 4.87. The Morgan fingerprint density at radius 3 is 2.44 bits per heavy atom. The monoisotopic (exact) mass is 450 g/mol. The summed E-state index contributed by atoms with van der Waals surface area (Å²) in [7, 11) is -3.97. The number of unbranched alkanes of at least 4 members (excludes halogenated alkanes) is 1. The summed E-state index contributed by atoms with van der Waals surface area (Å²) in [5, 5.41) is 4.02. The maximum absolute atomic E-state index is 13.4. The van der Waals surface area contributed by atoms with Gasteiger partial charge in [0, 0.05) is 18.4 Å². The predicted molar refractivity (Wildman–Crippen MR) is 125 cm³/mol. The van der Waals surface area contributed by atoms with Gasteiger partial charge in [-0.25, -0.2) is 8.42 Å². The zero-order valence-electron chi connectivity index (χ0n) is 18.4. The van der Waals surface area contributed by atoms with E-state index in [0.717, 1.165) is 29.3 Å². The Labute approximate surface area is 187 Å². The smallest absolute Gasteiger partial charge is 0.256 e. The summed E-state index contributed by atoms with van der Waals surface area (Å²) < 4.78 is 28.8. The van der Waals surface area contributed by atoms with Crippen molar-refractivity contribution < 1.29 is 13.2 Å². The molecule has 1 N–H and O–H groups in total. The molecule has 0 saturated heterocycles. The SMILES string of the molecule is CCCCn1c2ccccc2c2c(NC(=O)CC)nc(S(=O)(=O)c3ccc(C)cc3)nc21. The van der Waals surface area contributed by atoms with Gasteiger partial charge in [-0.3, -0.25) is 4.79 Å². The van der Waals surface area contributed by atoms with Gasteiger partial charge in [0.25, 0.3) is 5.16 Å². The minimum atomic E-state index is -3.97. The fraction of sp³-hybridized carbons (Fsp3) is 0.292. The van der Waals surface area contributed by atoms with Crippen LogP contribution in [0.4, 0.5) is 5.82 Å². The number of sulfone groups is 1. The first-order valence-corrected chi connectivity index (χ1v) is 12.3. The number of anilines is 1. The highest BCUT2D eigenvalue weighted by Crippen LogP contribution is 2.34. The lowest BCUT2D eigenvalue weighted by molar-refractivity contribution is -0.115. The van der Waals surface area contributed by atoms with Crippen LogP contribution in [0, 0.1) is 6.92 Å². The molecule has 2 aromatic heterocycles. The zero-order valence-corrected chi connectivity index (χ0v) is 19.2. The van der Waals surface area contributed by atoms with E-state index in [1.807, 2.05) is 35.8 Å². The molecule has 0 aliphatic carbocycles. The molecule has 0 atom stereocenters. The highest BCUT2D eigenvalue weighted by Gasteiger charge is 2.26. The Hall–Kier alpha value is -3.26. The number of fused-ring (bicyclic) bond motifs is 3. The van der Waals surface area contributed by atoms with Gasteiger partial charge in [0.05, 0.1) is 15.8 Å². The molecule has 0 aliphatic rings. The summed E-state index contributed by atoms with van der Waals surface area (Å²) in [4.78, 5) is 21.3. The number of carbonyl (C=O) groups excluding carboxylic acids is 1. The van der Waals surface area contributed by atoms with E-state index in [4.69, 9.17) is 0 Å². The summed E-state index contributed by atoms with van der Waals surface area (Å²) in [6.45, 7) is 6.41. The van der Waals surface area contributed by atoms with Crippen LogP contribution in [-0.2, 0) is 21.2 Å². The molecule has 0 spiro atoms. The molecule has 0 aliphatic heterocycles. The number of hydrogen-bond donors (Lipinski definition) is 1. The van der Waals surface area contributed by atoms with Crippen LogP contribution in [0.3, 0.4) is 0 Å². The molecule has 1 amide bonds. The van der Waals surface area contributed by atoms with Crippen molar-refractivity contribution >= 4 is 43.5 Å². The van der Waals surface area contributed by atoms with E-state index in [9.17, 15) is 13.2 Å². The maximum atomic E-state index is 13.4. The molecule has 166 valence electrons. The van der Waals surface area contributed by atoms with E-state index in [0.29, 0.717) is 17.6 Å². The van der Waals surface area contributed by atoms with Gasteiger partial charge in [-0.05, 0) is 31.5 Å². The summed E-state index contributed by atoms with van der Waals surface area (Å²) in [6.07, 6.45) is 2.14. The van der Waals surface area contributed by atoms with Gasteiger partial charge in [0.2, 0.25) is 15.7 Å². The number of amides is 1. The standard InChI is InChI=1S/C24H26N4O3S/c1-4-6-15-28-19-10-8-7-9-18(19)21-22(25-20(29)5-2)26-24(27-23(21)28)32(30,31)17-13-11-16(3)12-14-17/h7-14H,4-6,15H2,1-3H3,(H,25,26,27,29). The molecule has 0 saturated carbocycles. The van der Waals surface area contributed by atoms with Crippen LogP contribution in [0.25, 0.3) is 21.9 Å². The Kier molecular flexibility index (Phi) is 5.97. The first-order valence-electron chi connectivity index (χ1n) is 10.8. The maximum Gasteiger partial charge on any atom is 0.256 e. The fourth-order valence-corrected chi connectivity index (χ4v) is 4.83. The number of aromatic nitrogens is 3. The van der Waals surface area contributed by atoms with Gasteiger partial charge < -0.3 is 9.88 Å². The van der Waals surface area contributed by atoms with Crippen LogP contribution >= 0.6 is 0 Å². The van der Waals surface area contributed by atoms with Crippen molar-refractivity contribution in [2.75, 3.05) is 5.32 Å². The van der Waals surface area contributed by atoms with Crippen LogP contribution in [0.5, 0.6) is 0 Å². The highest BCUT2D eigenvalue weighted by atomic mass is 32.2. The van der Waals surface area contributed by atoms with E-state index >= 15 is 0 Å². The van der Waals surface area contributed by atoms with Gasteiger partial charge >= 0.3 is 0 Å². The Morgan fingerprint density at radius 2 is 1.75 bits per heavy atom. The molecule has 0 radical (unpaired) electrons. The van der Waals surface area contributed by atoms with E-state index in [1.165, 1.54) is 0 Å². The number of nitrogens with zero attached hydrogens (tertiary/aromatic N) is 3. The molecule has 0 bridgehead atoms. The Balaban J connectivity index is 2.04. The molecular formula is C24H26N4O3S. The molecule has 4 aromatic rings. The molecule has 0 fully saturated rings.